The molecule has 62 heavy (non-hydrogen) atoms. The molecule has 0 amide bonds. The molecule has 5 N–H and O–H groups in total. The minimum absolute atomic E-state index is 0.0115. The van der Waals surface area contributed by atoms with Crippen molar-refractivity contribution >= 4 is 17.0 Å². The fourth-order valence-electron chi connectivity index (χ4n) is 7.70. The molecule has 0 unspecified atom stereocenters. The van der Waals surface area contributed by atoms with Crippen LogP contribution in [-0.2, 0) is 9.47 Å². The summed E-state index contributed by atoms with van der Waals surface area (Å²) in [7, 11) is 0. The van der Waals surface area contributed by atoms with E-state index in [2.05, 4.69) is 25.1 Å². The molecule has 1 fully saturated rings. The highest BCUT2D eigenvalue weighted by atomic mass is 16.5. The molecular formula is C45H49N9O8. The number of para-hydroxylation sites is 1. The number of anilines is 1. The highest BCUT2D eigenvalue weighted by Gasteiger charge is 2.28. The lowest BCUT2D eigenvalue weighted by atomic mass is 9.98. The first-order valence-corrected chi connectivity index (χ1v) is 20.6. The number of hydrogen-bond donors (Lipinski definition) is 4. The maximum atomic E-state index is 14.1. The van der Waals surface area contributed by atoms with E-state index in [4.69, 9.17) is 24.7 Å². The van der Waals surface area contributed by atoms with Crippen LogP contribution in [0.1, 0.15) is 44.2 Å². The van der Waals surface area contributed by atoms with E-state index in [9.17, 15) is 19.8 Å². The van der Waals surface area contributed by atoms with Gasteiger partial charge >= 0.3 is 11.4 Å². The van der Waals surface area contributed by atoms with Gasteiger partial charge in [0, 0.05) is 31.7 Å². The van der Waals surface area contributed by atoms with Gasteiger partial charge in [0.05, 0.1) is 43.4 Å². The lowest BCUT2D eigenvalue weighted by molar-refractivity contribution is 0.0264. The van der Waals surface area contributed by atoms with Crippen LogP contribution in [0.3, 0.4) is 0 Å². The zero-order valence-corrected chi connectivity index (χ0v) is 34.5. The number of phenolic OH excluding ortho intramolecular Hbond substituents is 2. The second-order valence-corrected chi connectivity index (χ2v) is 15.2. The number of ether oxygens (including phenoxy) is 4. The molecular weight excluding hydrogens is 795 g/mol. The van der Waals surface area contributed by atoms with Crippen LogP contribution >= 0.6 is 0 Å². The second kappa shape index (κ2) is 18.8. The Balaban J connectivity index is 0.763. The van der Waals surface area contributed by atoms with Crippen LogP contribution in [0, 0.1) is 0 Å². The molecule has 7 aromatic rings. The minimum atomic E-state index is -0.474. The van der Waals surface area contributed by atoms with Crippen LogP contribution < -0.4 is 26.6 Å². The summed E-state index contributed by atoms with van der Waals surface area (Å²) in [5.74, 6) is 2.20. The van der Waals surface area contributed by atoms with Crippen molar-refractivity contribution in [2.75, 3.05) is 58.4 Å². The van der Waals surface area contributed by atoms with E-state index in [-0.39, 0.29) is 40.8 Å². The number of fused-ring (bicyclic) bond motifs is 1. The highest BCUT2D eigenvalue weighted by Crippen LogP contribution is 2.37. The smallest absolute Gasteiger partial charge is 0.348 e. The molecule has 0 bridgehead atoms. The SMILES string of the molecule is CC(C)c1cc(-c2n[nH]c(=O)n2-c2ccc(OCCOCCOCCN3CCC(n4c(=O)n(-c5ccc(Oc6ccccc6)cc5)c5c(N)ncnc54)CC3)cc2)c(O)cc1O. The summed E-state index contributed by atoms with van der Waals surface area (Å²) in [4.78, 5) is 37.8. The van der Waals surface area contributed by atoms with E-state index < -0.39 is 5.69 Å². The molecule has 0 spiro atoms. The predicted octanol–water partition coefficient (Wildman–Crippen LogP) is 5.78. The van der Waals surface area contributed by atoms with E-state index in [1.807, 2.05) is 68.4 Å². The summed E-state index contributed by atoms with van der Waals surface area (Å²) in [5.41, 5.74) is 8.79. The van der Waals surface area contributed by atoms with Crippen LogP contribution in [0.5, 0.6) is 28.7 Å². The van der Waals surface area contributed by atoms with Gasteiger partial charge in [-0.1, -0.05) is 32.0 Å². The number of rotatable bonds is 17. The van der Waals surface area contributed by atoms with Crippen LogP contribution in [0.2, 0.25) is 0 Å². The van der Waals surface area contributed by atoms with Crippen LogP contribution in [-0.4, -0.2) is 102 Å². The molecule has 8 rings (SSSR count). The van der Waals surface area contributed by atoms with Crippen molar-refractivity contribution in [1.29, 1.82) is 0 Å². The van der Waals surface area contributed by atoms with E-state index in [1.165, 1.54) is 17.0 Å². The summed E-state index contributed by atoms with van der Waals surface area (Å²) >= 11 is 0. The number of aromatic hydroxyl groups is 2. The molecule has 0 atom stereocenters. The highest BCUT2D eigenvalue weighted by molar-refractivity contribution is 5.84. The molecule has 1 saturated heterocycles. The molecule has 1 aliphatic rings. The Kier molecular flexibility index (Phi) is 12.6. The van der Waals surface area contributed by atoms with E-state index >= 15 is 0 Å². The van der Waals surface area contributed by atoms with Crippen molar-refractivity contribution in [2.45, 2.75) is 38.6 Å². The van der Waals surface area contributed by atoms with Gasteiger partial charge in [-0.3, -0.25) is 9.13 Å². The molecule has 3 aromatic heterocycles. The summed E-state index contributed by atoms with van der Waals surface area (Å²) in [6, 6.07) is 26.6. The van der Waals surface area contributed by atoms with Crippen LogP contribution in [0.25, 0.3) is 33.9 Å². The molecule has 4 aromatic carbocycles. The van der Waals surface area contributed by atoms with Crippen LogP contribution in [0.15, 0.2) is 107 Å². The molecule has 322 valence electrons. The molecule has 4 heterocycles. The first-order valence-electron chi connectivity index (χ1n) is 20.6. The first kappa shape index (κ1) is 41.8. The molecule has 17 heteroatoms. The van der Waals surface area contributed by atoms with Crippen molar-refractivity contribution in [2.24, 2.45) is 0 Å². The maximum Gasteiger partial charge on any atom is 0.348 e. The number of hydrogen-bond acceptors (Lipinski definition) is 13. The summed E-state index contributed by atoms with van der Waals surface area (Å²) in [6.07, 6.45) is 2.94. The number of phenols is 2. The Morgan fingerprint density at radius 3 is 2.13 bits per heavy atom. The topological polar surface area (TPSA) is 210 Å². The zero-order valence-electron chi connectivity index (χ0n) is 34.5. The number of aromatic nitrogens is 7. The van der Waals surface area contributed by atoms with Gasteiger partial charge in [-0.2, -0.15) is 5.10 Å². The maximum absolute atomic E-state index is 14.1. The first-order chi connectivity index (χ1) is 30.2. The minimum Gasteiger partial charge on any atom is -0.508 e. The fraction of sp³-hybridized carbons (Fsp3) is 0.311. The number of nitrogens with two attached hydrogens (primary N) is 1. The van der Waals surface area contributed by atoms with Gasteiger partial charge in [0.25, 0.3) is 0 Å². The average molecular weight is 844 g/mol. The van der Waals surface area contributed by atoms with E-state index in [0.717, 1.165) is 38.2 Å². The summed E-state index contributed by atoms with van der Waals surface area (Å²) in [6.45, 7) is 8.30. The van der Waals surface area contributed by atoms with Crippen molar-refractivity contribution in [3.63, 3.8) is 0 Å². The number of aromatic amines is 1. The molecule has 0 aliphatic carbocycles. The van der Waals surface area contributed by atoms with Gasteiger partial charge < -0.3 is 39.8 Å². The fourth-order valence-corrected chi connectivity index (χ4v) is 7.70. The van der Waals surface area contributed by atoms with Gasteiger partial charge in [0.2, 0.25) is 0 Å². The van der Waals surface area contributed by atoms with Gasteiger partial charge in [-0.05, 0) is 91.1 Å². The molecule has 1 aliphatic heterocycles. The third-order valence-electron chi connectivity index (χ3n) is 10.9. The Morgan fingerprint density at radius 2 is 1.42 bits per heavy atom. The van der Waals surface area contributed by atoms with E-state index in [1.54, 1.807) is 39.5 Å². The third-order valence-corrected chi connectivity index (χ3v) is 10.9. The van der Waals surface area contributed by atoms with Gasteiger partial charge in [0.15, 0.2) is 17.3 Å². The number of benzene rings is 4. The molecule has 17 nitrogen and oxygen atoms in total. The summed E-state index contributed by atoms with van der Waals surface area (Å²) in [5, 5.41) is 27.4. The number of imidazole rings is 1. The number of nitrogens with zero attached hydrogens (tertiary/aromatic N) is 7. The summed E-state index contributed by atoms with van der Waals surface area (Å²) < 4.78 is 28.1. The lowest BCUT2D eigenvalue weighted by Crippen LogP contribution is -2.39. The standard InChI is InChI=1S/C45H49N9O8/c1-29(2)36-26-37(39(56)27-38(36)55)42-49-50-44(57)53(42)31-8-12-33(13-9-31)61-25-24-60-23-22-59-21-20-51-18-16-32(17-19-51)54-43-40(41(46)47-28-48-43)52(45(54)58)30-10-14-35(15-11-30)62-34-6-4-3-5-7-34/h3-15,26-29,32,55-56H,16-25H2,1-2H3,(H,50,57)(H2,46,47,48). The lowest BCUT2D eigenvalue weighted by Gasteiger charge is -2.32. The quantitative estimate of drug-likeness (QED) is 0.0803. The largest absolute Gasteiger partial charge is 0.508 e. The molecule has 0 saturated carbocycles. The Hall–Kier alpha value is -6.95. The number of piperidine rings is 1. The van der Waals surface area contributed by atoms with Gasteiger partial charge in [-0.15, -0.1) is 0 Å². The van der Waals surface area contributed by atoms with E-state index in [0.29, 0.717) is 78.2 Å². The third kappa shape index (κ3) is 9.05. The van der Waals surface area contributed by atoms with Gasteiger partial charge in [-0.25, -0.2) is 29.2 Å². The van der Waals surface area contributed by atoms with Crippen molar-refractivity contribution in [3.8, 4) is 51.5 Å². The van der Waals surface area contributed by atoms with Crippen molar-refractivity contribution in [3.05, 3.63) is 124 Å². The average Bonchev–Trinajstić information content (AvgIpc) is 3.80. The van der Waals surface area contributed by atoms with Crippen LogP contribution in [0.4, 0.5) is 5.82 Å². The second-order valence-electron chi connectivity index (χ2n) is 15.2. The zero-order chi connectivity index (χ0) is 43.2. The monoisotopic (exact) mass is 843 g/mol. The number of likely N-dealkylation sites (tertiary alicyclic amines) is 1. The predicted molar refractivity (Wildman–Crippen MR) is 233 cm³/mol. The number of H-pyrrole nitrogens is 1. The number of nitrogens with one attached hydrogen (secondary N) is 1. The number of nitrogen functional groups attached to an aromatic ring is 1. The normalized spacial score (nSPS) is 13.6. The van der Waals surface area contributed by atoms with Gasteiger partial charge in [0.1, 0.15) is 47.2 Å². The molecule has 0 radical (unpaired) electrons. The van der Waals surface area contributed by atoms with Crippen molar-refractivity contribution in [1.82, 2.24) is 38.8 Å². The Labute approximate surface area is 356 Å². The Morgan fingerprint density at radius 1 is 0.774 bits per heavy atom. The van der Waals surface area contributed by atoms with Crippen molar-refractivity contribution < 1.29 is 29.2 Å². The Bertz CT molecular complexity index is 2720.